The van der Waals surface area contributed by atoms with Gasteiger partial charge in [-0.05, 0) is 11.0 Å². The summed E-state index contributed by atoms with van der Waals surface area (Å²) in [5.74, 6) is 0. The van der Waals surface area contributed by atoms with Crippen LogP contribution in [0.1, 0.15) is 0 Å². The van der Waals surface area contributed by atoms with Crippen LogP contribution in [0.2, 0.25) is 0 Å². The number of nitrogens with zero attached hydrogens (tertiary/aromatic N) is 1. The Balaban J connectivity index is 0. The van der Waals surface area contributed by atoms with Crippen LogP contribution in [0.25, 0.3) is 6.15 Å². The first-order chi connectivity index (χ1) is 0. The van der Waals surface area contributed by atoms with Crippen LogP contribution in [0.4, 0.5) is 0 Å². The molecule has 0 aliphatic heterocycles. The van der Waals surface area contributed by atoms with Crippen LogP contribution in [0, 0.1) is 0 Å². The van der Waals surface area contributed by atoms with Gasteiger partial charge in [0.25, 0.3) is 0 Å². The molecule has 0 spiro atoms. The van der Waals surface area contributed by atoms with E-state index < -0.39 is 0 Å². The molecule has 0 aromatic rings. The first kappa shape index (κ1) is 53.4. The normalized spacial score (nSPS) is 0. The first-order valence-corrected chi connectivity index (χ1v) is 0. The van der Waals surface area contributed by atoms with Gasteiger partial charge >= 0.3 is 17.4 Å². The van der Waals surface area contributed by atoms with Gasteiger partial charge in [-0.1, -0.05) is 0 Å². The second-order valence-corrected chi connectivity index (χ2v) is 0. The zero-order valence-electron chi connectivity index (χ0n) is 1.43. The smallest absolute Gasteiger partial charge is 3.00 e. The summed E-state index contributed by atoms with van der Waals surface area (Å²) in [4.78, 5) is 0. The van der Waals surface area contributed by atoms with Crippen molar-refractivity contribution in [3.8, 4) is 0 Å². The fraction of sp³-hybridized carbons (Fsp3) is 0. The second kappa shape index (κ2) is 26.0. The molecule has 0 aliphatic carbocycles. The average molecular weight is 257 g/mol. The third kappa shape index (κ3) is 10.00. The molecule has 0 saturated carbocycles. The molecule has 1 nitrogen and oxygen atoms in total. The molecule has 0 aromatic heterocycles. The largest absolute Gasteiger partial charge is 3.00 e. The maximum atomic E-state index is 0. The zero-order chi connectivity index (χ0) is 0. The molecule has 0 N–H and O–H groups in total. The van der Waals surface area contributed by atoms with E-state index in [2.05, 4.69) is 0 Å². The summed E-state index contributed by atoms with van der Waals surface area (Å²) in [6, 6.07) is 0. The van der Waals surface area contributed by atoms with Gasteiger partial charge < -0.3 is 6.15 Å². The Morgan fingerprint density at radius 3 is 1.00 bits per heavy atom. The van der Waals surface area contributed by atoms with E-state index in [1.807, 2.05) is 0 Å². The van der Waals surface area contributed by atoms with E-state index in [1.54, 1.807) is 0 Å². The maximum Gasteiger partial charge on any atom is 3.00 e. The van der Waals surface area contributed by atoms with E-state index in [4.69, 9.17) is 0 Å². The van der Waals surface area contributed by atoms with Gasteiger partial charge in [0, 0.05) is 21.1 Å². The van der Waals surface area contributed by atoms with Crippen molar-refractivity contribution in [3.05, 3.63) is 6.15 Å². The molecule has 22 valence electrons. The maximum absolute atomic E-state index is 0. The Bertz CT molecular complexity index is 8.00. The van der Waals surface area contributed by atoms with Crippen molar-refractivity contribution in [2.24, 2.45) is 0 Å². The molecular formula is H4AlNSiW. The Kier molecular flexibility index (Phi) is 347. The van der Waals surface area contributed by atoms with Crippen molar-refractivity contribution in [1.82, 2.24) is 0 Å². The summed E-state index contributed by atoms with van der Waals surface area (Å²) < 4.78 is 0. The predicted octanol–water partition coefficient (Wildman–Crippen LogP) is -1.55. The molecule has 4 heavy (non-hydrogen) atoms. The predicted molar refractivity (Wildman–Crippen MR) is 20.4 cm³/mol. The number of rotatable bonds is 0. The Morgan fingerprint density at radius 2 is 1.00 bits per heavy atom. The van der Waals surface area contributed by atoms with E-state index in [1.165, 1.54) is 0 Å². The van der Waals surface area contributed by atoms with Gasteiger partial charge in [0.05, 0.1) is 0 Å². The summed E-state index contributed by atoms with van der Waals surface area (Å²) in [5, 5.41) is 0. The fourth-order valence-electron chi connectivity index (χ4n) is 0. The van der Waals surface area contributed by atoms with Crippen molar-refractivity contribution in [3.63, 3.8) is 0 Å². The van der Waals surface area contributed by atoms with E-state index in [-0.39, 0.29) is 55.5 Å². The molecule has 4 heteroatoms. The summed E-state index contributed by atoms with van der Waals surface area (Å²) >= 11 is 0. The minimum atomic E-state index is 0. The van der Waals surface area contributed by atoms with Gasteiger partial charge in [0.2, 0.25) is 0 Å². The van der Waals surface area contributed by atoms with Gasteiger partial charge in [0.15, 0.2) is 0 Å². The molecule has 0 aromatic carbocycles. The van der Waals surface area contributed by atoms with Crippen molar-refractivity contribution in [2.75, 3.05) is 0 Å². The summed E-state index contributed by atoms with van der Waals surface area (Å²) in [6.07, 6.45) is 0. The first-order valence-electron chi connectivity index (χ1n) is 0. The van der Waals surface area contributed by atoms with E-state index in [9.17, 15) is 0 Å². The van der Waals surface area contributed by atoms with Crippen LogP contribution < -0.4 is 0 Å². The van der Waals surface area contributed by atoms with Crippen LogP contribution in [0.3, 0.4) is 0 Å². The monoisotopic (exact) mass is 257 g/mol. The Hall–Kier alpha value is 1.40. The molecule has 0 unspecified atom stereocenters. The molecule has 0 bridgehead atoms. The second-order valence-electron chi connectivity index (χ2n) is 0. The Labute approximate surface area is 55.5 Å². The fourth-order valence-corrected chi connectivity index (χ4v) is 0. The standard InChI is InChI=1S/Al.N.H4Si.W/h;;1H4;/q+3;-3;;. The van der Waals surface area contributed by atoms with Crippen LogP contribution >= 0.6 is 0 Å². The SMILES string of the molecule is [Al+3].[N-3].[SiH4].[W]. The molecule has 0 aliphatic rings. The average Bonchev–Trinajstić information content (AvgIpc) is 0. The van der Waals surface area contributed by atoms with Gasteiger partial charge in [-0.25, -0.2) is 0 Å². The molecule has 0 atom stereocenters. The van der Waals surface area contributed by atoms with Crippen LogP contribution in [-0.4, -0.2) is 28.3 Å². The van der Waals surface area contributed by atoms with Crippen LogP contribution in [0.5, 0.6) is 0 Å². The minimum absolute atomic E-state index is 0. The minimum Gasteiger partial charge on any atom is -3.00 e. The van der Waals surface area contributed by atoms with E-state index in [0.29, 0.717) is 0 Å². The van der Waals surface area contributed by atoms with Crippen molar-refractivity contribution < 1.29 is 21.1 Å². The molecule has 0 rings (SSSR count). The van der Waals surface area contributed by atoms with E-state index in [0.717, 1.165) is 0 Å². The third-order valence-corrected chi connectivity index (χ3v) is 0. The molecule has 0 radical (unpaired) electrons. The molecule has 0 saturated heterocycles. The van der Waals surface area contributed by atoms with Gasteiger partial charge in [-0.15, -0.1) is 0 Å². The Morgan fingerprint density at radius 1 is 1.00 bits per heavy atom. The van der Waals surface area contributed by atoms with Crippen molar-refractivity contribution >= 4 is 28.3 Å². The molecular weight excluding hydrogens is 253 g/mol. The summed E-state index contributed by atoms with van der Waals surface area (Å²) in [7, 11) is 0. The number of hydrogen-bond acceptors (Lipinski definition) is 0. The summed E-state index contributed by atoms with van der Waals surface area (Å²) in [5.41, 5.74) is 0. The van der Waals surface area contributed by atoms with Crippen molar-refractivity contribution in [1.29, 1.82) is 0 Å². The van der Waals surface area contributed by atoms with Crippen molar-refractivity contribution in [2.45, 2.75) is 0 Å². The topological polar surface area (TPSA) is 30.5 Å². The quantitative estimate of drug-likeness (QED) is 0.471. The van der Waals surface area contributed by atoms with E-state index >= 15 is 0 Å². The van der Waals surface area contributed by atoms with Crippen LogP contribution in [-0.2, 0) is 21.1 Å². The number of hydrogen-bond donors (Lipinski definition) is 0. The molecule has 0 fully saturated rings. The van der Waals surface area contributed by atoms with Gasteiger partial charge in [-0.3, -0.25) is 0 Å². The summed E-state index contributed by atoms with van der Waals surface area (Å²) in [6.45, 7) is 0. The zero-order valence-corrected chi connectivity index (χ0v) is 5.52. The van der Waals surface area contributed by atoms with Gasteiger partial charge in [-0.2, -0.15) is 0 Å². The van der Waals surface area contributed by atoms with Crippen LogP contribution in [0.15, 0.2) is 0 Å². The molecule has 0 heterocycles. The van der Waals surface area contributed by atoms with Gasteiger partial charge in [0.1, 0.15) is 0 Å². The molecule has 0 amide bonds. The third-order valence-electron chi connectivity index (χ3n) is 0.